The SMILES string of the molecule is CCOC(=O)c1sc(N2C(=O)C(=O)C(=C(O)c3ccc(OC)cc3C)C2c2ccc([N+](=O)[O-])cc2)nc1C. The molecule has 1 saturated heterocycles. The van der Waals surface area contributed by atoms with Gasteiger partial charge in [-0.05, 0) is 62.2 Å². The van der Waals surface area contributed by atoms with Crippen LogP contribution in [-0.4, -0.2) is 46.4 Å². The molecule has 0 aliphatic carbocycles. The number of hydrogen-bond donors (Lipinski definition) is 1. The summed E-state index contributed by atoms with van der Waals surface area (Å²) in [6.07, 6.45) is 0. The maximum Gasteiger partial charge on any atom is 0.350 e. The van der Waals surface area contributed by atoms with Gasteiger partial charge in [0.05, 0.1) is 35.9 Å². The number of rotatable bonds is 7. The number of non-ortho nitro benzene ring substituents is 1. The molecule has 1 fully saturated rings. The predicted molar refractivity (Wildman–Crippen MR) is 138 cm³/mol. The molecule has 11 nitrogen and oxygen atoms in total. The van der Waals surface area contributed by atoms with Crippen molar-refractivity contribution in [3.05, 3.63) is 85.4 Å². The van der Waals surface area contributed by atoms with Crippen LogP contribution in [0.2, 0.25) is 0 Å². The van der Waals surface area contributed by atoms with Gasteiger partial charge in [0.2, 0.25) is 0 Å². The Balaban J connectivity index is 1.93. The van der Waals surface area contributed by atoms with Gasteiger partial charge in [-0.25, -0.2) is 9.78 Å². The fourth-order valence-corrected chi connectivity index (χ4v) is 5.16. The van der Waals surface area contributed by atoms with E-state index in [9.17, 15) is 29.6 Å². The van der Waals surface area contributed by atoms with E-state index in [-0.39, 0.29) is 27.9 Å². The van der Waals surface area contributed by atoms with Crippen molar-refractivity contribution in [1.29, 1.82) is 0 Å². The highest BCUT2D eigenvalue weighted by molar-refractivity contribution is 7.17. The zero-order valence-corrected chi connectivity index (χ0v) is 21.7. The summed E-state index contributed by atoms with van der Waals surface area (Å²) in [7, 11) is 1.50. The van der Waals surface area contributed by atoms with Crippen LogP contribution in [0.1, 0.15) is 45.0 Å². The second kappa shape index (κ2) is 10.4. The summed E-state index contributed by atoms with van der Waals surface area (Å²) in [5.74, 6) is -2.44. The summed E-state index contributed by atoms with van der Waals surface area (Å²) in [5, 5.41) is 22.6. The van der Waals surface area contributed by atoms with E-state index >= 15 is 0 Å². The molecule has 2 aromatic carbocycles. The highest BCUT2D eigenvalue weighted by atomic mass is 32.1. The van der Waals surface area contributed by atoms with E-state index in [4.69, 9.17) is 9.47 Å². The minimum Gasteiger partial charge on any atom is -0.507 e. The number of benzene rings is 2. The molecule has 196 valence electrons. The number of amides is 1. The standard InChI is InChI=1S/C26H23N3O8S/c1-5-37-25(33)23-14(3)27-26(38-23)28-20(15-6-8-16(9-7-15)29(34)35)19(22(31)24(28)32)21(30)18-11-10-17(36-4)12-13(18)2/h6-12,20,30H,5H2,1-4H3. The molecule has 0 saturated carbocycles. The summed E-state index contributed by atoms with van der Waals surface area (Å²) in [6, 6.07) is 8.96. The quantitative estimate of drug-likeness (QED) is 0.115. The Hall–Kier alpha value is -4.58. The Kier molecular flexibility index (Phi) is 7.26. The molecule has 1 amide bonds. The molecule has 12 heteroatoms. The number of carbonyl (C=O) groups is 3. The Labute approximate surface area is 221 Å². The minimum atomic E-state index is -1.17. The molecule has 1 atom stereocenters. The van der Waals surface area contributed by atoms with E-state index in [2.05, 4.69) is 4.98 Å². The fourth-order valence-electron chi connectivity index (χ4n) is 4.17. The molecule has 1 aliphatic rings. The third-order valence-electron chi connectivity index (χ3n) is 6.00. The fraction of sp³-hybridized carbons (Fsp3) is 0.231. The Bertz CT molecular complexity index is 1490. The number of aliphatic hydroxyl groups excluding tert-OH is 1. The van der Waals surface area contributed by atoms with Crippen LogP contribution >= 0.6 is 11.3 Å². The number of aliphatic hydroxyl groups is 1. The van der Waals surface area contributed by atoms with Crippen LogP contribution in [0.25, 0.3) is 5.76 Å². The first-order valence-electron chi connectivity index (χ1n) is 11.4. The summed E-state index contributed by atoms with van der Waals surface area (Å²) >= 11 is 0.873. The third-order valence-corrected chi connectivity index (χ3v) is 7.14. The lowest BCUT2D eigenvalue weighted by atomic mass is 9.94. The van der Waals surface area contributed by atoms with Crippen molar-refractivity contribution >= 4 is 45.6 Å². The van der Waals surface area contributed by atoms with Gasteiger partial charge in [0.25, 0.3) is 11.5 Å². The summed E-state index contributed by atoms with van der Waals surface area (Å²) in [6.45, 7) is 5.08. The van der Waals surface area contributed by atoms with E-state index in [1.165, 1.54) is 31.4 Å². The molecule has 0 bridgehead atoms. The second-order valence-electron chi connectivity index (χ2n) is 8.33. The van der Waals surface area contributed by atoms with E-state index < -0.39 is 34.4 Å². The number of aryl methyl sites for hydroxylation is 2. The lowest BCUT2D eigenvalue weighted by molar-refractivity contribution is -0.384. The molecule has 1 aliphatic heterocycles. The van der Waals surface area contributed by atoms with Gasteiger partial charge in [-0.2, -0.15) is 0 Å². The van der Waals surface area contributed by atoms with Crippen LogP contribution in [0.4, 0.5) is 10.8 Å². The Morgan fingerprint density at radius 2 is 1.87 bits per heavy atom. The smallest absolute Gasteiger partial charge is 0.350 e. The highest BCUT2D eigenvalue weighted by Crippen LogP contribution is 2.44. The molecule has 0 radical (unpaired) electrons. The number of aromatic nitrogens is 1. The first-order chi connectivity index (χ1) is 18.1. The van der Waals surface area contributed by atoms with Crippen LogP contribution in [0.5, 0.6) is 5.75 Å². The molecule has 1 aromatic heterocycles. The lowest BCUT2D eigenvalue weighted by Gasteiger charge is -2.23. The van der Waals surface area contributed by atoms with Crippen LogP contribution in [0.15, 0.2) is 48.0 Å². The molecule has 1 N–H and O–H groups in total. The number of nitro groups is 1. The maximum absolute atomic E-state index is 13.4. The molecule has 3 aromatic rings. The van der Waals surface area contributed by atoms with Gasteiger partial charge >= 0.3 is 11.9 Å². The number of methoxy groups -OCH3 is 1. The van der Waals surface area contributed by atoms with Gasteiger partial charge in [0.1, 0.15) is 16.4 Å². The monoisotopic (exact) mass is 537 g/mol. The van der Waals surface area contributed by atoms with E-state index in [1.807, 2.05) is 0 Å². The summed E-state index contributed by atoms with van der Waals surface area (Å²) < 4.78 is 10.3. The van der Waals surface area contributed by atoms with Crippen molar-refractivity contribution in [3.63, 3.8) is 0 Å². The predicted octanol–water partition coefficient (Wildman–Crippen LogP) is 4.48. The number of nitro benzene ring substituents is 1. The van der Waals surface area contributed by atoms with Gasteiger partial charge < -0.3 is 14.6 Å². The maximum atomic E-state index is 13.4. The average Bonchev–Trinajstić information content (AvgIpc) is 3.40. The van der Waals surface area contributed by atoms with Crippen LogP contribution in [0, 0.1) is 24.0 Å². The van der Waals surface area contributed by atoms with Gasteiger partial charge in [-0.1, -0.05) is 11.3 Å². The van der Waals surface area contributed by atoms with Crippen molar-refractivity contribution in [2.45, 2.75) is 26.8 Å². The average molecular weight is 538 g/mol. The number of nitrogens with zero attached hydrogens (tertiary/aromatic N) is 3. The number of anilines is 1. The van der Waals surface area contributed by atoms with Gasteiger partial charge in [-0.15, -0.1) is 0 Å². The molecule has 0 spiro atoms. The van der Waals surface area contributed by atoms with E-state index in [0.717, 1.165) is 16.2 Å². The van der Waals surface area contributed by atoms with Crippen molar-refractivity contribution in [3.8, 4) is 5.75 Å². The molecular weight excluding hydrogens is 514 g/mol. The first-order valence-corrected chi connectivity index (χ1v) is 12.3. The molecule has 4 rings (SSSR count). The Morgan fingerprint density at radius 1 is 1.18 bits per heavy atom. The van der Waals surface area contributed by atoms with Gasteiger partial charge in [-0.3, -0.25) is 24.6 Å². The number of ether oxygens (including phenoxy) is 2. The largest absolute Gasteiger partial charge is 0.507 e. The van der Waals surface area contributed by atoms with Crippen LogP contribution in [0.3, 0.4) is 0 Å². The number of carbonyl (C=O) groups excluding carboxylic acids is 3. The molecule has 1 unspecified atom stereocenters. The summed E-state index contributed by atoms with van der Waals surface area (Å²) in [4.78, 5) is 55.4. The molecule has 2 heterocycles. The van der Waals surface area contributed by atoms with Crippen LogP contribution < -0.4 is 9.64 Å². The number of esters is 1. The topological polar surface area (TPSA) is 149 Å². The van der Waals surface area contributed by atoms with E-state index in [1.54, 1.807) is 39.0 Å². The number of thiazole rings is 1. The first kappa shape index (κ1) is 26.5. The minimum absolute atomic E-state index is 0.0431. The second-order valence-corrected chi connectivity index (χ2v) is 9.31. The van der Waals surface area contributed by atoms with E-state index in [0.29, 0.717) is 28.1 Å². The van der Waals surface area contributed by atoms with Crippen molar-refractivity contribution in [2.24, 2.45) is 0 Å². The van der Waals surface area contributed by atoms with Gasteiger partial charge in [0, 0.05) is 17.7 Å². The number of ketones is 1. The van der Waals surface area contributed by atoms with Crippen molar-refractivity contribution in [1.82, 2.24) is 4.98 Å². The number of Topliss-reactive ketones (excluding diaryl/α,β-unsaturated/α-hetero) is 1. The molecule has 38 heavy (non-hydrogen) atoms. The summed E-state index contributed by atoms with van der Waals surface area (Å²) in [5.41, 5.74) is 1.12. The zero-order valence-electron chi connectivity index (χ0n) is 20.9. The molecular formula is C26H23N3O8S. The van der Waals surface area contributed by atoms with Crippen LogP contribution in [-0.2, 0) is 14.3 Å². The number of hydrogen-bond acceptors (Lipinski definition) is 10. The Morgan fingerprint density at radius 3 is 2.45 bits per heavy atom. The van der Waals surface area contributed by atoms with Gasteiger partial charge in [0.15, 0.2) is 5.13 Å². The highest BCUT2D eigenvalue weighted by Gasteiger charge is 2.48. The zero-order chi connectivity index (χ0) is 27.7. The van der Waals surface area contributed by atoms with Crippen molar-refractivity contribution in [2.75, 3.05) is 18.6 Å². The normalized spacial score (nSPS) is 16.5. The lowest BCUT2D eigenvalue weighted by Crippen LogP contribution is -2.29. The van der Waals surface area contributed by atoms with Crippen molar-refractivity contribution < 1.29 is 33.9 Å². The third kappa shape index (κ3) is 4.61.